The molecule has 47 heavy (non-hydrogen) atoms. The van der Waals surface area contributed by atoms with Crippen molar-refractivity contribution in [2.24, 2.45) is 11.3 Å². The SMILES string of the molecule is C=C[C@@H]1C[C@]1(NC(=O)[C@@H]1C[C@@H]2CN1C(=O)[C@H](C(C)(C)C)NC(=O)COCCCCC=Cc1ncccc1O2)C(=O)NS(=O)(=O)C1CC1. The average molecular weight is 672 g/mol. The van der Waals surface area contributed by atoms with Gasteiger partial charge in [-0.2, -0.15) is 0 Å². The maximum absolute atomic E-state index is 14.3. The van der Waals surface area contributed by atoms with E-state index in [4.69, 9.17) is 9.47 Å². The number of amides is 4. The lowest BCUT2D eigenvalue weighted by atomic mass is 9.85. The van der Waals surface area contributed by atoms with E-state index in [1.54, 1.807) is 18.3 Å². The largest absolute Gasteiger partial charge is 0.486 e. The lowest BCUT2D eigenvalue weighted by Crippen LogP contribution is -2.60. The Morgan fingerprint density at radius 1 is 1.21 bits per heavy atom. The van der Waals surface area contributed by atoms with Gasteiger partial charge in [0.1, 0.15) is 41.8 Å². The second kappa shape index (κ2) is 13.8. The van der Waals surface area contributed by atoms with Gasteiger partial charge < -0.3 is 25.0 Å². The van der Waals surface area contributed by atoms with Crippen LogP contribution in [0.4, 0.5) is 0 Å². The van der Waals surface area contributed by atoms with Crippen molar-refractivity contribution in [3.8, 4) is 5.75 Å². The molecule has 5 atom stereocenters. The molecule has 3 N–H and O–H groups in total. The van der Waals surface area contributed by atoms with Crippen molar-refractivity contribution in [2.75, 3.05) is 19.8 Å². The lowest BCUT2D eigenvalue weighted by molar-refractivity contribution is -0.145. The number of nitrogens with one attached hydrogen (secondary N) is 3. The minimum atomic E-state index is -3.87. The van der Waals surface area contributed by atoms with Crippen molar-refractivity contribution >= 4 is 39.7 Å². The zero-order valence-electron chi connectivity index (χ0n) is 27.2. The standard InChI is InChI=1S/C33H45N5O8S/c1-5-21-18-33(21,31(42)37-47(43,44)23-13-14-23)36-29(40)25-17-22-19-38(25)30(41)28(32(2,3)4)35-27(39)20-45-16-9-7-6-8-11-24-26(46-22)12-10-15-34-24/h5,8,10-12,15,21-23,25,28H,1,6-7,9,13-14,16-20H2,2-4H3,(H,35,39)(H,36,40)(H,37,42)/t21-,22-,25+,28-,33-/m1/s1. The van der Waals surface area contributed by atoms with Crippen molar-refractivity contribution in [3.63, 3.8) is 0 Å². The molecule has 0 spiro atoms. The number of hydrogen-bond donors (Lipinski definition) is 3. The number of fused-ring (bicyclic) bond motifs is 3. The molecule has 14 heteroatoms. The van der Waals surface area contributed by atoms with E-state index in [0.717, 1.165) is 19.3 Å². The smallest absolute Gasteiger partial charge is 0.259 e. The Morgan fingerprint density at radius 2 is 1.98 bits per heavy atom. The van der Waals surface area contributed by atoms with E-state index < -0.39 is 74.0 Å². The maximum atomic E-state index is 14.3. The zero-order valence-corrected chi connectivity index (χ0v) is 28.0. The van der Waals surface area contributed by atoms with Crippen LogP contribution in [0.2, 0.25) is 0 Å². The van der Waals surface area contributed by atoms with E-state index in [2.05, 4.69) is 26.9 Å². The molecule has 3 fully saturated rings. The number of rotatable bonds is 6. The van der Waals surface area contributed by atoms with E-state index >= 15 is 0 Å². The van der Waals surface area contributed by atoms with Gasteiger partial charge in [-0.25, -0.2) is 8.42 Å². The average Bonchev–Trinajstić information content (AvgIpc) is 3.93. The third-order valence-corrected chi connectivity index (χ3v) is 10.8. The van der Waals surface area contributed by atoms with E-state index in [1.807, 2.05) is 32.9 Å². The molecule has 0 radical (unpaired) electrons. The molecule has 2 saturated carbocycles. The van der Waals surface area contributed by atoms with Gasteiger partial charge in [-0.15, -0.1) is 6.58 Å². The Morgan fingerprint density at radius 3 is 2.66 bits per heavy atom. The van der Waals surface area contributed by atoms with Crippen LogP contribution < -0.4 is 20.1 Å². The topological polar surface area (TPSA) is 173 Å². The molecule has 3 heterocycles. The molecule has 1 aromatic heterocycles. The van der Waals surface area contributed by atoms with Crippen molar-refractivity contribution in [1.82, 2.24) is 25.2 Å². The fraction of sp³-hybridized carbons (Fsp3) is 0.606. The van der Waals surface area contributed by atoms with Gasteiger partial charge in [0, 0.05) is 25.1 Å². The van der Waals surface area contributed by atoms with Gasteiger partial charge >= 0.3 is 0 Å². The quantitative estimate of drug-likeness (QED) is 0.382. The first-order valence-electron chi connectivity index (χ1n) is 16.2. The van der Waals surface area contributed by atoms with Crippen LogP contribution in [0.1, 0.15) is 71.4 Å². The summed E-state index contributed by atoms with van der Waals surface area (Å²) in [5.74, 6) is -2.40. The summed E-state index contributed by atoms with van der Waals surface area (Å²) < 4.78 is 39.3. The van der Waals surface area contributed by atoms with Crippen LogP contribution in [-0.4, -0.2) is 90.7 Å². The van der Waals surface area contributed by atoms with E-state index in [1.165, 1.54) is 11.0 Å². The highest BCUT2D eigenvalue weighted by molar-refractivity contribution is 7.91. The van der Waals surface area contributed by atoms with Crippen LogP contribution in [-0.2, 0) is 33.9 Å². The Hall–Kier alpha value is -3.78. The summed E-state index contributed by atoms with van der Waals surface area (Å²) >= 11 is 0. The van der Waals surface area contributed by atoms with Crippen LogP contribution in [0, 0.1) is 11.3 Å². The number of carbonyl (C=O) groups excluding carboxylic acids is 4. The Kier molecular flexibility index (Phi) is 10.1. The van der Waals surface area contributed by atoms with E-state index in [9.17, 15) is 27.6 Å². The first-order valence-corrected chi connectivity index (χ1v) is 17.8. The number of pyridine rings is 1. The molecule has 2 aliphatic carbocycles. The minimum Gasteiger partial charge on any atom is -0.486 e. The number of nitrogens with zero attached hydrogens (tertiary/aromatic N) is 2. The van der Waals surface area contributed by atoms with Crippen molar-refractivity contribution in [2.45, 2.75) is 94.7 Å². The molecule has 1 aromatic rings. The number of aromatic nitrogens is 1. The molecule has 0 unspecified atom stereocenters. The predicted octanol–water partition coefficient (Wildman–Crippen LogP) is 1.84. The van der Waals surface area contributed by atoms with Gasteiger partial charge in [0.2, 0.25) is 27.7 Å². The van der Waals surface area contributed by atoms with E-state index in [-0.39, 0.29) is 26.0 Å². The molecule has 1 saturated heterocycles. The summed E-state index contributed by atoms with van der Waals surface area (Å²) in [5.41, 5.74) is -1.65. The van der Waals surface area contributed by atoms with Gasteiger partial charge in [0.05, 0.1) is 11.8 Å². The molecule has 0 aromatic carbocycles. The fourth-order valence-electron chi connectivity index (χ4n) is 6.04. The third-order valence-electron chi connectivity index (χ3n) is 9.03. The van der Waals surface area contributed by atoms with Gasteiger partial charge in [-0.1, -0.05) is 32.9 Å². The molecular weight excluding hydrogens is 626 g/mol. The summed E-state index contributed by atoms with van der Waals surface area (Å²) in [5, 5.41) is 4.98. The lowest BCUT2D eigenvalue weighted by Gasteiger charge is -2.35. The van der Waals surface area contributed by atoms with Crippen LogP contribution in [0.25, 0.3) is 6.08 Å². The van der Waals surface area contributed by atoms with Crippen LogP contribution in [0.5, 0.6) is 5.75 Å². The van der Waals surface area contributed by atoms with Gasteiger partial charge in [-0.3, -0.25) is 28.9 Å². The van der Waals surface area contributed by atoms with Crippen LogP contribution in [0.3, 0.4) is 0 Å². The van der Waals surface area contributed by atoms with Gasteiger partial charge in [0.15, 0.2) is 0 Å². The molecule has 4 amide bonds. The normalized spacial score (nSPS) is 29.0. The third kappa shape index (κ3) is 8.03. The molecule has 13 nitrogen and oxygen atoms in total. The van der Waals surface area contributed by atoms with Crippen LogP contribution in [0.15, 0.2) is 37.1 Å². The van der Waals surface area contributed by atoms with Crippen molar-refractivity contribution in [3.05, 3.63) is 42.8 Å². The van der Waals surface area contributed by atoms with Crippen LogP contribution >= 0.6 is 0 Å². The highest BCUT2D eigenvalue weighted by atomic mass is 32.2. The first-order chi connectivity index (χ1) is 22.2. The monoisotopic (exact) mass is 671 g/mol. The highest BCUT2D eigenvalue weighted by Gasteiger charge is 2.62. The minimum absolute atomic E-state index is 0.0219. The number of sulfonamides is 1. The summed E-state index contributed by atoms with van der Waals surface area (Å²) in [6, 6.07) is 1.42. The number of hydrogen-bond acceptors (Lipinski definition) is 9. The summed E-state index contributed by atoms with van der Waals surface area (Å²) in [7, 11) is -3.87. The zero-order chi connectivity index (χ0) is 34.0. The number of ether oxygens (including phenoxy) is 2. The Balaban J connectivity index is 1.44. The van der Waals surface area contributed by atoms with E-state index in [0.29, 0.717) is 30.9 Å². The van der Waals surface area contributed by atoms with Gasteiger partial charge in [0.25, 0.3) is 5.91 Å². The molecule has 4 aliphatic rings. The first kappa shape index (κ1) is 34.6. The summed E-state index contributed by atoms with van der Waals surface area (Å²) in [6.07, 6.45) is 9.95. The van der Waals surface area contributed by atoms with Gasteiger partial charge in [-0.05, 0) is 62.1 Å². The second-order valence-corrected chi connectivity index (χ2v) is 15.8. The van der Waals surface area contributed by atoms with Crippen molar-refractivity contribution in [1.29, 1.82) is 0 Å². The Bertz CT molecular complexity index is 1540. The molecule has 256 valence electrons. The molecular formula is C33H45N5O8S. The maximum Gasteiger partial charge on any atom is 0.259 e. The molecule has 2 aliphatic heterocycles. The Labute approximate surface area is 276 Å². The second-order valence-electron chi connectivity index (χ2n) is 13.9. The van der Waals surface area contributed by atoms with Crippen molar-refractivity contribution < 1.29 is 37.1 Å². The number of carbonyl (C=O) groups is 4. The predicted molar refractivity (Wildman–Crippen MR) is 173 cm³/mol. The highest BCUT2D eigenvalue weighted by Crippen LogP contribution is 2.45. The fourth-order valence-corrected chi connectivity index (χ4v) is 7.41. The molecule has 5 rings (SSSR count). The molecule has 2 bridgehead atoms. The number of allylic oxidation sites excluding steroid dienone is 1. The summed E-state index contributed by atoms with van der Waals surface area (Å²) in [4.78, 5) is 60.5. The summed E-state index contributed by atoms with van der Waals surface area (Å²) in [6.45, 7) is 9.39.